The van der Waals surface area contributed by atoms with Crippen molar-refractivity contribution in [3.05, 3.63) is 71.8 Å². The van der Waals surface area contributed by atoms with Crippen molar-refractivity contribution in [2.75, 3.05) is 19.8 Å². The summed E-state index contributed by atoms with van der Waals surface area (Å²) in [6.45, 7) is 24.8. The first-order chi connectivity index (χ1) is 37.6. The molecule has 6 aliphatic rings. The Kier molecular flexibility index (Phi) is 21.2. The molecule has 15 atom stereocenters. The molecule has 1 N–H and O–H groups in total. The normalized spacial score (nSPS) is 33.7. The zero-order valence-corrected chi connectivity index (χ0v) is 49.6. The zero-order valence-electron chi connectivity index (χ0n) is 49.6. The van der Waals surface area contributed by atoms with E-state index in [0.29, 0.717) is 24.0 Å². The monoisotopic (exact) mass is 1100 g/mol. The Balaban J connectivity index is 1.06. The van der Waals surface area contributed by atoms with Crippen LogP contribution in [0.1, 0.15) is 196 Å². The molecule has 3 aliphatic heterocycles. The summed E-state index contributed by atoms with van der Waals surface area (Å²) in [7, 11) is 0. The Hall–Kier alpha value is -4.12. The largest absolute Gasteiger partial charge is 0.509 e. The summed E-state index contributed by atoms with van der Waals surface area (Å²) >= 11 is 0. The lowest BCUT2D eigenvalue weighted by atomic mass is 9.46. The highest BCUT2D eigenvalue weighted by molar-refractivity contribution is 5.89. The number of ether oxygens (including phenoxy) is 10. The first kappa shape index (κ1) is 62.5. The minimum Gasteiger partial charge on any atom is -0.457 e. The maximum absolute atomic E-state index is 14.9. The number of aliphatic hydroxyl groups is 1. The third-order valence-corrected chi connectivity index (χ3v) is 18.6. The van der Waals surface area contributed by atoms with E-state index in [-0.39, 0.29) is 44.0 Å². The molecule has 15 nitrogen and oxygen atoms in total. The van der Waals surface area contributed by atoms with Gasteiger partial charge in [-0.3, -0.25) is 4.79 Å². The van der Waals surface area contributed by atoms with Crippen molar-refractivity contribution in [1.29, 1.82) is 0 Å². The first-order valence-electron chi connectivity index (χ1n) is 30.0. The standard InChI is InChI=1S/C64H96O15/c1-13-15-16-17-18-19-20-21-22-23-24-25-26-27-31-34-51-70-38-47(73-51)39-71-59(68)77-53(42(5)35-41(3)4)58(67)74-48-36-63(60(9,10)69)52(43(48)6)44(7)55-62(12)49(75-50(14-2)76-55)37-61(11)64(40-72-61,79-45(8)65)54(62)56(63)78-57(66)46-32-29-28-30-33-46/h14,22-23,28-30,32-33,41-42,44,47-51,53-56,69H,2,13,15-21,24-27,31,34-40H2,1,3-12H3/b23-22-/t42-,44-,47?,48-,49-,50-,51?,53+,54-,55-,56-,61+,62+,63-,64+/m0/s1. The minimum atomic E-state index is -1.71. The van der Waals surface area contributed by atoms with Crippen molar-refractivity contribution in [1.82, 2.24) is 0 Å². The molecule has 7 rings (SSSR count). The van der Waals surface area contributed by atoms with E-state index in [4.69, 9.17) is 47.4 Å². The zero-order chi connectivity index (χ0) is 57.3. The van der Waals surface area contributed by atoms with E-state index >= 15 is 0 Å². The van der Waals surface area contributed by atoms with Crippen molar-refractivity contribution in [2.24, 2.45) is 34.5 Å². The van der Waals surface area contributed by atoms with Crippen LogP contribution in [-0.2, 0) is 57.0 Å². The van der Waals surface area contributed by atoms with Crippen LogP contribution in [0.5, 0.6) is 0 Å². The van der Waals surface area contributed by atoms with Crippen LogP contribution < -0.4 is 0 Å². The summed E-state index contributed by atoms with van der Waals surface area (Å²) in [6, 6.07) is 8.59. The van der Waals surface area contributed by atoms with Gasteiger partial charge in [0, 0.05) is 37.0 Å². The molecule has 1 aromatic rings. The van der Waals surface area contributed by atoms with Crippen LogP contribution in [0.3, 0.4) is 0 Å². The quantitative estimate of drug-likeness (QED) is 0.0362. The Morgan fingerprint density at radius 3 is 2.15 bits per heavy atom. The van der Waals surface area contributed by atoms with Gasteiger partial charge >= 0.3 is 24.1 Å². The van der Waals surface area contributed by atoms with Crippen LogP contribution in [0.25, 0.3) is 0 Å². The molecule has 79 heavy (non-hydrogen) atoms. The molecular formula is C64H96O15. The van der Waals surface area contributed by atoms with Crippen LogP contribution in [0.15, 0.2) is 66.3 Å². The maximum Gasteiger partial charge on any atom is 0.509 e. The molecule has 0 radical (unpaired) electrons. The molecule has 15 heteroatoms. The average Bonchev–Trinajstić information content (AvgIpc) is 4.09. The maximum atomic E-state index is 14.9. The number of carbonyl (C=O) groups is 4. The lowest BCUT2D eigenvalue weighted by molar-refractivity contribution is -0.418. The number of unbranched alkanes of at least 4 members (excludes halogenated alkanes) is 11. The fourth-order valence-corrected chi connectivity index (χ4v) is 14.7. The summed E-state index contributed by atoms with van der Waals surface area (Å²) in [5.41, 5.74) is -5.25. The Labute approximate surface area is 471 Å². The van der Waals surface area contributed by atoms with Crippen molar-refractivity contribution < 1.29 is 71.7 Å². The lowest BCUT2D eigenvalue weighted by Gasteiger charge is -2.71. The topological polar surface area (TPSA) is 181 Å². The van der Waals surface area contributed by atoms with E-state index in [1.807, 2.05) is 48.5 Å². The van der Waals surface area contributed by atoms with Gasteiger partial charge in [0.2, 0.25) is 6.10 Å². The van der Waals surface area contributed by atoms with Crippen molar-refractivity contribution in [3.63, 3.8) is 0 Å². The highest BCUT2D eigenvalue weighted by Crippen LogP contribution is 2.72. The average molecular weight is 1110 g/mol. The smallest absolute Gasteiger partial charge is 0.457 e. The van der Waals surface area contributed by atoms with Gasteiger partial charge in [-0.05, 0) is 108 Å². The summed E-state index contributed by atoms with van der Waals surface area (Å²) in [6.07, 6.45) is 16.0. The third-order valence-electron chi connectivity index (χ3n) is 18.6. The van der Waals surface area contributed by atoms with Crippen LogP contribution in [0.4, 0.5) is 4.79 Å². The number of hydrogen-bond acceptors (Lipinski definition) is 15. The van der Waals surface area contributed by atoms with Gasteiger partial charge in [0.1, 0.15) is 30.5 Å². The SMILES string of the molecule is C=C[C@H]1O[C@H]2C[C@@]3(C)OC[C@@]3(OC(C)=O)[C@H]3[C@H](OC(=O)c4ccccc4)[C@]4(C(C)(C)O)C[C@H](OC(=O)[C@H](OC(=O)OCC5COC(CCCCCC/C=C\CCCCCCCCC)O5)[C@@H](C)CC(C)C)C(C)=C4[C@H](C)[C@H](O1)[C@]23C. The summed E-state index contributed by atoms with van der Waals surface area (Å²) in [4.78, 5) is 56.8. The molecule has 2 saturated carbocycles. The second kappa shape index (κ2) is 26.9. The number of benzene rings is 1. The summed E-state index contributed by atoms with van der Waals surface area (Å²) < 4.78 is 63.8. The van der Waals surface area contributed by atoms with Gasteiger partial charge in [-0.25, -0.2) is 14.4 Å². The molecule has 5 fully saturated rings. The number of allylic oxidation sites excluding steroid dienone is 2. The molecule has 0 bridgehead atoms. The van der Waals surface area contributed by atoms with E-state index in [1.165, 1.54) is 58.3 Å². The number of hydrogen-bond donors (Lipinski definition) is 1. The third kappa shape index (κ3) is 13.4. The highest BCUT2D eigenvalue weighted by atomic mass is 16.8. The minimum absolute atomic E-state index is 0.0268. The second-order valence-corrected chi connectivity index (χ2v) is 25.2. The van der Waals surface area contributed by atoms with Crippen LogP contribution >= 0.6 is 0 Å². The van der Waals surface area contributed by atoms with Gasteiger partial charge in [-0.15, -0.1) is 0 Å². The fraction of sp³-hybridized carbons (Fsp3) is 0.750. The lowest BCUT2D eigenvalue weighted by Crippen LogP contribution is -2.84. The molecule has 2 unspecified atom stereocenters. The van der Waals surface area contributed by atoms with E-state index in [9.17, 15) is 24.3 Å². The molecule has 0 amide bonds. The molecule has 3 heterocycles. The summed E-state index contributed by atoms with van der Waals surface area (Å²) in [5, 5.41) is 13.1. The molecular weight excluding hydrogens is 1010 g/mol. The van der Waals surface area contributed by atoms with Crippen molar-refractivity contribution >= 4 is 24.1 Å². The van der Waals surface area contributed by atoms with Gasteiger partial charge in [-0.2, -0.15) is 0 Å². The fourth-order valence-electron chi connectivity index (χ4n) is 14.7. The number of fused-ring (bicyclic) bond motifs is 3. The number of carbonyl (C=O) groups excluding carboxylic acids is 4. The van der Waals surface area contributed by atoms with Crippen molar-refractivity contribution in [2.45, 2.75) is 251 Å². The molecule has 3 aliphatic carbocycles. The van der Waals surface area contributed by atoms with Gasteiger partial charge in [0.25, 0.3) is 0 Å². The Morgan fingerprint density at radius 2 is 1.54 bits per heavy atom. The van der Waals surface area contributed by atoms with Gasteiger partial charge in [-0.1, -0.05) is 130 Å². The number of rotatable bonds is 28. The molecule has 0 spiro atoms. The van der Waals surface area contributed by atoms with E-state index in [0.717, 1.165) is 38.5 Å². The van der Waals surface area contributed by atoms with Gasteiger partial charge < -0.3 is 52.5 Å². The van der Waals surface area contributed by atoms with E-state index in [1.54, 1.807) is 50.3 Å². The molecule has 0 aromatic heterocycles. The van der Waals surface area contributed by atoms with Gasteiger partial charge in [0.05, 0.1) is 47.9 Å². The summed E-state index contributed by atoms with van der Waals surface area (Å²) in [5.74, 6) is -3.84. The predicted octanol–water partition coefficient (Wildman–Crippen LogP) is 12.6. The van der Waals surface area contributed by atoms with Gasteiger partial charge in [0.15, 0.2) is 18.2 Å². The first-order valence-corrected chi connectivity index (χ1v) is 30.0. The van der Waals surface area contributed by atoms with E-state index < -0.39 is 112 Å². The molecule has 3 saturated heterocycles. The Bertz CT molecular complexity index is 2290. The van der Waals surface area contributed by atoms with E-state index in [2.05, 4.69) is 25.7 Å². The van der Waals surface area contributed by atoms with Crippen LogP contribution in [0.2, 0.25) is 0 Å². The van der Waals surface area contributed by atoms with Crippen LogP contribution in [0, 0.1) is 34.5 Å². The molecule has 1 aromatic carbocycles. The second-order valence-electron chi connectivity index (χ2n) is 25.2. The predicted molar refractivity (Wildman–Crippen MR) is 298 cm³/mol. The van der Waals surface area contributed by atoms with Crippen LogP contribution in [-0.4, -0.2) is 115 Å². The van der Waals surface area contributed by atoms with Crippen molar-refractivity contribution in [3.8, 4) is 0 Å². The highest BCUT2D eigenvalue weighted by Gasteiger charge is 2.83. The number of esters is 3. The Morgan fingerprint density at radius 1 is 0.886 bits per heavy atom. The molecule has 442 valence electrons.